The number of hydrogen-bond donors (Lipinski definition) is 1. The van der Waals surface area contributed by atoms with Crippen molar-refractivity contribution in [3.63, 3.8) is 0 Å². The molecule has 0 atom stereocenters. The van der Waals surface area contributed by atoms with Crippen molar-refractivity contribution in [3.05, 3.63) is 60.7 Å². The topological polar surface area (TPSA) is 50.9 Å². The zero-order chi connectivity index (χ0) is 13.5. The van der Waals surface area contributed by atoms with Gasteiger partial charge in [-0.1, -0.05) is 42.5 Å². The van der Waals surface area contributed by atoms with Gasteiger partial charge in [-0.05, 0) is 23.6 Å². The molecule has 0 radical (unpaired) electrons. The summed E-state index contributed by atoms with van der Waals surface area (Å²) in [6, 6.07) is 19.1. The maximum absolute atomic E-state index is 10.4. The van der Waals surface area contributed by atoms with Crippen LogP contribution in [0.5, 0.6) is 5.75 Å². The predicted octanol–water partition coefficient (Wildman–Crippen LogP) is 3.28. The van der Waals surface area contributed by atoms with Crippen LogP contribution in [0.2, 0.25) is 0 Å². The molecule has 0 saturated carbocycles. The number of aromatic nitrogens is 3. The minimum absolute atomic E-state index is 0.198. The molecular weight excluding hydrogens is 250 g/mol. The lowest BCUT2D eigenvalue weighted by Crippen LogP contribution is -1.99. The first-order chi connectivity index (χ1) is 9.83. The lowest BCUT2D eigenvalue weighted by molar-refractivity contribution is 0.474. The molecule has 96 valence electrons. The Hall–Kier alpha value is -2.88. The highest BCUT2D eigenvalue weighted by Gasteiger charge is 2.11. The van der Waals surface area contributed by atoms with E-state index in [2.05, 4.69) is 10.2 Å². The molecule has 0 spiro atoms. The third kappa shape index (κ3) is 1.55. The van der Waals surface area contributed by atoms with Crippen molar-refractivity contribution in [2.24, 2.45) is 0 Å². The molecule has 3 aromatic carbocycles. The highest BCUT2D eigenvalue weighted by Crippen LogP contribution is 2.30. The van der Waals surface area contributed by atoms with Gasteiger partial charge in [0, 0.05) is 5.39 Å². The molecule has 4 nitrogen and oxygen atoms in total. The number of phenols is 1. The van der Waals surface area contributed by atoms with E-state index in [-0.39, 0.29) is 5.75 Å². The molecule has 1 N–H and O–H groups in total. The van der Waals surface area contributed by atoms with Gasteiger partial charge in [-0.15, -0.1) is 15.0 Å². The van der Waals surface area contributed by atoms with E-state index in [1.54, 1.807) is 0 Å². The highest BCUT2D eigenvalue weighted by atomic mass is 16.3. The van der Waals surface area contributed by atoms with Gasteiger partial charge in [0.25, 0.3) is 0 Å². The van der Waals surface area contributed by atoms with Crippen molar-refractivity contribution in [1.29, 1.82) is 0 Å². The summed E-state index contributed by atoms with van der Waals surface area (Å²) in [5, 5.41) is 21.0. The van der Waals surface area contributed by atoms with Gasteiger partial charge < -0.3 is 5.11 Å². The fourth-order valence-corrected chi connectivity index (χ4v) is 2.37. The molecule has 20 heavy (non-hydrogen) atoms. The average molecular weight is 261 g/mol. The molecule has 0 bridgehead atoms. The SMILES string of the molecule is Oc1c(-n2nc3ccccc3n2)ccc2ccccc12. The van der Waals surface area contributed by atoms with Crippen molar-refractivity contribution < 1.29 is 5.11 Å². The maximum Gasteiger partial charge on any atom is 0.150 e. The predicted molar refractivity (Wildman–Crippen MR) is 78.0 cm³/mol. The van der Waals surface area contributed by atoms with Crippen LogP contribution < -0.4 is 0 Å². The summed E-state index contributed by atoms with van der Waals surface area (Å²) in [7, 11) is 0. The largest absolute Gasteiger partial charge is 0.505 e. The lowest BCUT2D eigenvalue weighted by Gasteiger charge is -2.06. The Bertz CT molecular complexity index is 894. The van der Waals surface area contributed by atoms with E-state index in [0.717, 1.165) is 21.8 Å². The number of benzene rings is 3. The van der Waals surface area contributed by atoms with E-state index < -0.39 is 0 Å². The Morgan fingerprint density at radius 1 is 0.750 bits per heavy atom. The van der Waals surface area contributed by atoms with Gasteiger partial charge >= 0.3 is 0 Å². The number of fused-ring (bicyclic) bond motifs is 2. The van der Waals surface area contributed by atoms with Gasteiger partial charge in [-0.3, -0.25) is 0 Å². The molecule has 4 heteroatoms. The van der Waals surface area contributed by atoms with E-state index in [4.69, 9.17) is 0 Å². The molecule has 0 unspecified atom stereocenters. The minimum Gasteiger partial charge on any atom is -0.505 e. The van der Waals surface area contributed by atoms with Crippen LogP contribution >= 0.6 is 0 Å². The number of rotatable bonds is 1. The van der Waals surface area contributed by atoms with Crippen LogP contribution in [0.25, 0.3) is 27.5 Å². The van der Waals surface area contributed by atoms with Crippen LogP contribution in [0, 0.1) is 0 Å². The van der Waals surface area contributed by atoms with Crippen molar-refractivity contribution in [1.82, 2.24) is 15.0 Å². The first kappa shape index (κ1) is 11.0. The average Bonchev–Trinajstić information content (AvgIpc) is 2.91. The number of hydrogen-bond acceptors (Lipinski definition) is 3. The van der Waals surface area contributed by atoms with Crippen LogP contribution in [-0.4, -0.2) is 20.1 Å². The fourth-order valence-electron chi connectivity index (χ4n) is 2.37. The van der Waals surface area contributed by atoms with Gasteiger partial charge in [0.15, 0.2) is 5.75 Å². The zero-order valence-corrected chi connectivity index (χ0v) is 10.6. The van der Waals surface area contributed by atoms with E-state index in [1.807, 2.05) is 60.7 Å². The monoisotopic (exact) mass is 261 g/mol. The molecule has 0 aliphatic carbocycles. The molecule has 4 rings (SSSR count). The van der Waals surface area contributed by atoms with Gasteiger partial charge in [-0.2, -0.15) is 0 Å². The number of aromatic hydroxyl groups is 1. The van der Waals surface area contributed by atoms with Crippen molar-refractivity contribution in [2.45, 2.75) is 0 Å². The first-order valence-corrected chi connectivity index (χ1v) is 6.36. The number of phenolic OH excluding ortho intramolecular Hbond substituents is 1. The standard InChI is InChI=1S/C16H11N3O/c20-16-12-6-2-1-5-11(12)9-10-15(16)19-17-13-7-3-4-8-14(13)18-19/h1-10,20H. The van der Waals surface area contributed by atoms with Gasteiger partial charge in [0.1, 0.15) is 16.7 Å². The molecule has 0 saturated heterocycles. The van der Waals surface area contributed by atoms with E-state index in [9.17, 15) is 5.11 Å². The van der Waals surface area contributed by atoms with E-state index in [1.165, 1.54) is 4.80 Å². The smallest absolute Gasteiger partial charge is 0.150 e. The van der Waals surface area contributed by atoms with Crippen LogP contribution in [0.3, 0.4) is 0 Å². The lowest BCUT2D eigenvalue weighted by atomic mass is 10.1. The fraction of sp³-hybridized carbons (Fsp3) is 0. The van der Waals surface area contributed by atoms with Crippen molar-refractivity contribution in [2.75, 3.05) is 0 Å². The minimum atomic E-state index is 0.198. The third-order valence-electron chi connectivity index (χ3n) is 3.38. The summed E-state index contributed by atoms with van der Waals surface area (Å²) in [5.74, 6) is 0.198. The summed E-state index contributed by atoms with van der Waals surface area (Å²) in [4.78, 5) is 1.48. The molecule has 1 heterocycles. The van der Waals surface area contributed by atoms with Crippen LogP contribution in [0.4, 0.5) is 0 Å². The summed E-state index contributed by atoms with van der Waals surface area (Å²) < 4.78 is 0. The number of nitrogens with zero attached hydrogens (tertiary/aromatic N) is 3. The maximum atomic E-state index is 10.4. The first-order valence-electron chi connectivity index (χ1n) is 6.36. The normalized spacial score (nSPS) is 11.2. The summed E-state index contributed by atoms with van der Waals surface area (Å²) in [6.07, 6.45) is 0. The zero-order valence-electron chi connectivity index (χ0n) is 10.6. The molecule has 4 aromatic rings. The molecule has 0 amide bonds. The second kappa shape index (κ2) is 4.06. The van der Waals surface area contributed by atoms with Gasteiger partial charge in [-0.25, -0.2) is 0 Å². The van der Waals surface area contributed by atoms with Crippen LogP contribution in [0.1, 0.15) is 0 Å². The Morgan fingerprint density at radius 3 is 2.15 bits per heavy atom. The quantitative estimate of drug-likeness (QED) is 0.572. The second-order valence-corrected chi connectivity index (χ2v) is 4.63. The molecule has 0 aliphatic heterocycles. The molecule has 0 fully saturated rings. The van der Waals surface area contributed by atoms with Crippen LogP contribution in [-0.2, 0) is 0 Å². The summed E-state index contributed by atoms with van der Waals surface area (Å²) >= 11 is 0. The van der Waals surface area contributed by atoms with Gasteiger partial charge in [0.05, 0.1) is 0 Å². The Morgan fingerprint density at radius 2 is 1.40 bits per heavy atom. The van der Waals surface area contributed by atoms with Crippen molar-refractivity contribution >= 4 is 21.8 Å². The highest BCUT2D eigenvalue weighted by molar-refractivity contribution is 5.91. The molecule has 0 aliphatic rings. The molecular formula is C16H11N3O. The second-order valence-electron chi connectivity index (χ2n) is 4.63. The Balaban J connectivity index is 1.99. The third-order valence-corrected chi connectivity index (χ3v) is 3.38. The Kier molecular flexibility index (Phi) is 2.23. The van der Waals surface area contributed by atoms with Crippen LogP contribution in [0.15, 0.2) is 60.7 Å². The van der Waals surface area contributed by atoms with E-state index in [0.29, 0.717) is 5.69 Å². The molecule has 1 aromatic heterocycles. The Labute approximate surface area is 114 Å². The van der Waals surface area contributed by atoms with Crippen molar-refractivity contribution in [3.8, 4) is 11.4 Å². The summed E-state index contributed by atoms with van der Waals surface area (Å²) in [6.45, 7) is 0. The summed E-state index contributed by atoms with van der Waals surface area (Å²) in [5.41, 5.74) is 2.19. The van der Waals surface area contributed by atoms with Gasteiger partial charge in [0.2, 0.25) is 0 Å². The van der Waals surface area contributed by atoms with E-state index >= 15 is 0 Å².